The van der Waals surface area contributed by atoms with Crippen LogP contribution in [0.4, 0.5) is 0 Å². The normalized spacial score (nSPS) is 19.2. The van der Waals surface area contributed by atoms with Crippen LogP contribution in [-0.4, -0.2) is 68.3 Å². The van der Waals surface area contributed by atoms with Gasteiger partial charge in [0.1, 0.15) is 6.61 Å². The number of methoxy groups -OCH3 is 1. The molecule has 2 unspecified atom stereocenters. The van der Waals surface area contributed by atoms with Gasteiger partial charge < -0.3 is 25.0 Å². The minimum Gasteiger partial charge on any atom is -0.493 e. The van der Waals surface area contributed by atoms with Crippen molar-refractivity contribution in [2.45, 2.75) is 57.9 Å². The molecule has 1 saturated carbocycles. The third-order valence-corrected chi connectivity index (χ3v) is 6.71. The lowest BCUT2D eigenvalue weighted by molar-refractivity contribution is 0.217. The lowest BCUT2D eigenvalue weighted by Crippen LogP contribution is -2.42. The van der Waals surface area contributed by atoms with Gasteiger partial charge >= 0.3 is 0 Å². The van der Waals surface area contributed by atoms with Crippen LogP contribution in [0.1, 0.15) is 45.6 Å². The molecule has 30 heavy (non-hydrogen) atoms. The summed E-state index contributed by atoms with van der Waals surface area (Å²) in [5, 5.41) is 7.75. The van der Waals surface area contributed by atoms with Gasteiger partial charge in [0.15, 0.2) is 17.5 Å². The summed E-state index contributed by atoms with van der Waals surface area (Å²) in [5.41, 5.74) is 1.11. The molecule has 0 heterocycles. The third-order valence-electron chi connectivity index (χ3n) is 5.61. The summed E-state index contributed by atoms with van der Waals surface area (Å²) in [4.78, 5) is 7.14. The highest BCUT2D eigenvalue weighted by atomic mass is 32.2. The number of guanidine groups is 1. The average Bonchev–Trinajstić information content (AvgIpc) is 3.23. The molecule has 170 valence electrons. The Kier molecular flexibility index (Phi) is 11.2. The van der Waals surface area contributed by atoms with E-state index in [1.807, 2.05) is 23.9 Å². The number of hydrogen-bond donors (Lipinski definition) is 2. The van der Waals surface area contributed by atoms with Crippen molar-refractivity contribution >= 4 is 17.7 Å². The van der Waals surface area contributed by atoms with Crippen molar-refractivity contribution in [3.8, 4) is 11.5 Å². The predicted octanol–water partition coefficient (Wildman–Crippen LogP) is 3.76. The van der Waals surface area contributed by atoms with Crippen LogP contribution in [0.5, 0.6) is 11.5 Å². The SMILES string of the molecule is CCNC(=NCc1ccc(OCCN(CC)CC)c(OC)c1)NC1CCC(SC)C1. The summed E-state index contributed by atoms with van der Waals surface area (Å²) < 4.78 is 11.5. The van der Waals surface area contributed by atoms with E-state index in [1.54, 1.807) is 7.11 Å². The number of nitrogens with zero attached hydrogens (tertiary/aromatic N) is 2. The Morgan fingerprint density at radius 2 is 2.00 bits per heavy atom. The van der Waals surface area contributed by atoms with Crippen LogP contribution < -0.4 is 20.1 Å². The molecule has 2 N–H and O–H groups in total. The van der Waals surface area contributed by atoms with Crippen LogP contribution in [0.2, 0.25) is 0 Å². The van der Waals surface area contributed by atoms with Gasteiger partial charge in [-0.25, -0.2) is 4.99 Å². The first kappa shape index (κ1) is 24.7. The summed E-state index contributed by atoms with van der Waals surface area (Å²) in [6.07, 6.45) is 5.91. The Morgan fingerprint density at radius 1 is 1.20 bits per heavy atom. The molecular weight excluding hydrogens is 396 g/mol. The van der Waals surface area contributed by atoms with Crippen LogP contribution in [0.15, 0.2) is 23.2 Å². The molecule has 2 atom stereocenters. The second kappa shape index (κ2) is 13.7. The number of likely N-dealkylation sites (N-methyl/N-ethyl adjacent to an activating group) is 1. The molecule has 1 aliphatic carbocycles. The highest BCUT2D eigenvalue weighted by Crippen LogP contribution is 2.29. The lowest BCUT2D eigenvalue weighted by atomic mass is 10.2. The van der Waals surface area contributed by atoms with E-state index in [-0.39, 0.29) is 0 Å². The number of ether oxygens (including phenoxy) is 2. The van der Waals surface area contributed by atoms with Crippen LogP contribution in [-0.2, 0) is 6.54 Å². The Morgan fingerprint density at radius 3 is 2.63 bits per heavy atom. The largest absolute Gasteiger partial charge is 0.493 e. The van der Waals surface area contributed by atoms with Gasteiger partial charge in [-0.3, -0.25) is 0 Å². The molecule has 1 fully saturated rings. The zero-order valence-corrected chi connectivity index (χ0v) is 20.2. The molecule has 0 amide bonds. The Bertz CT molecular complexity index is 652. The number of aliphatic imine (C=N–C) groups is 1. The molecule has 1 aliphatic rings. The van der Waals surface area contributed by atoms with Gasteiger partial charge in [-0.2, -0.15) is 11.8 Å². The van der Waals surface area contributed by atoms with Crippen LogP contribution in [0, 0.1) is 0 Å². The van der Waals surface area contributed by atoms with Gasteiger partial charge in [-0.15, -0.1) is 0 Å². The zero-order chi connectivity index (χ0) is 21.8. The summed E-state index contributed by atoms with van der Waals surface area (Å²) in [6.45, 7) is 11.5. The van der Waals surface area contributed by atoms with Crippen molar-refractivity contribution in [2.24, 2.45) is 4.99 Å². The van der Waals surface area contributed by atoms with Crippen LogP contribution >= 0.6 is 11.8 Å². The maximum absolute atomic E-state index is 5.96. The molecule has 0 aliphatic heterocycles. The maximum atomic E-state index is 5.96. The Balaban J connectivity index is 1.95. The third kappa shape index (κ3) is 7.91. The molecule has 7 heteroatoms. The van der Waals surface area contributed by atoms with E-state index >= 15 is 0 Å². The number of thioether (sulfide) groups is 1. The molecule has 1 aromatic carbocycles. The summed E-state index contributed by atoms with van der Waals surface area (Å²) in [6, 6.07) is 6.60. The van der Waals surface area contributed by atoms with Gasteiger partial charge in [0, 0.05) is 24.4 Å². The monoisotopic (exact) mass is 436 g/mol. The van der Waals surface area contributed by atoms with Crippen molar-refractivity contribution in [1.29, 1.82) is 0 Å². The fourth-order valence-electron chi connectivity index (χ4n) is 3.72. The van der Waals surface area contributed by atoms with Crippen molar-refractivity contribution in [3.63, 3.8) is 0 Å². The average molecular weight is 437 g/mol. The van der Waals surface area contributed by atoms with Crippen molar-refractivity contribution in [2.75, 3.05) is 46.2 Å². The molecule has 0 aromatic heterocycles. The van der Waals surface area contributed by atoms with Gasteiger partial charge in [0.2, 0.25) is 0 Å². The minimum absolute atomic E-state index is 0.511. The Labute approximate surface area is 187 Å². The standard InChI is InChI=1S/C23H40N4O2S/c1-6-24-23(26-19-10-11-20(16-19)30-5)25-17-18-9-12-21(22(15-18)28-4)29-14-13-27(7-2)8-3/h9,12,15,19-20H,6-8,10-11,13-14,16-17H2,1-5H3,(H2,24,25,26). The number of nitrogens with one attached hydrogen (secondary N) is 2. The van der Waals surface area contributed by atoms with Crippen LogP contribution in [0.3, 0.4) is 0 Å². The molecule has 0 radical (unpaired) electrons. The fraction of sp³-hybridized carbons (Fsp3) is 0.696. The van der Waals surface area contributed by atoms with E-state index < -0.39 is 0 Å². The predicted molar refractivity (Wildman–Crippen MR) is 129 cm³/mol. The van der Waals surface area contributed by atoms with Crippen LogP contribution in [0.25, 0.3) is 0 Å². The van der Waals surface area contributed by atoms with E-state index in [4.69, 9.17) is 14.5 Å². The fourth-order valence-corrected chi connectivity index (χ4v) is 4.52. The second-order valence-corrected chi connectivity index (χ2v) is 8.71. The van der Waals surface area contributed by atoms with E-state index in [9.17, 15) is 0 Å². The van der Waals surface area contributed by atoms with Crippen molar-refractivity contribution in [3.05, 3.63) is 23.8 Å². The molecular formula is C23H40N4O2S. The molecule has 1 aromatic rings. The van der Waals surface area contributed by atoms with Gasteiger partial charge in [-0.05, 0) is 63.2 Å². The smallest absolute Gasteiger partial charge is 0.191 e. The molecule has 0 bridgehead atoms. The second-order valence-electron chi connectivity index (χ2n) is 7.57. The number of hydrogen-bond acceptors (Lipinski definition) is 5. The highest BCUT2D eigenvalue weighted by molar-refractivity contribution is 7.99. The van der Waals surface area contributed by atoms with E-state index in [0.717, 1.165) is 54.5 Å². The first-order valence-electron chi connectivity index (χ1n) is 11.2. The summed E-state index contributed by atoms with van der Waals surface area (Å²) in [5.74, 6) is 2.44. The first-order valence-corrected chi connectivity index (χ1v) is 12.5. The van der Waals surface area contributed by atoms with E-state index in [0.29, 0.717) is 19.2 Å². The Hall–Kier alpha value is -1.60. The quantitative estimate of drug-likeness (QED) is 0.384. The first-order chi connectivity index (χ1) is 14.6. The topological polar surface area (TPSA) is 58.1 Å². The van der Waals surface area contributed by atoms with Crippen molar-refractivity contribution < 1.29 is 9.47 Å². The number of rotatable bonds is 12. The molecule has 6 nitrogen and oxygen atoms in total. The van der Waals surface area contributed by atoms with E-state index in [1.165, 1.54) is 19.3 Å². The number of benzene rings is 1. The van der Waals surface area contributed by atoms with Gasteiger partial charge in [0.25, 0.3) is 0 Å². The summed E-state index contributed by atoms with van der Waals surface area (Å²) >= 11 is 1.97. The van der Waals surface area contributed by atoms with Gasteiger partial charge in [-0.1, -0.05) is 19.9 Å². The molecule has 0 saturated heterocycles. The van der Waals surface area contributed by atoms with Gasteiger partial charge in [0.05, 0.1) is 13.7 Å². The van der Waals surface area contributed by atoms with E-state index in [2.05, 4.69) is 48.6 Å². The summed E-state index contributed by atoms with van der Waals surface area (Å²) in [7, 11) is 1.69. The minimum atomic E-state index is 0.511. The highest BCUT2D eigenvalue weighted by Gasteiger charge is 2.24. The zero-order valence-electron chi connectivity index (χ0n) is 19.4. The molecule has 0 spiro atoms. The van der Waals surface area contributed by atoms with Crippen molar-refractivity contribution in [1.82, 2.24) is 15.5 Å². The molecule has 2 rings (SSSR count). The maximum Gasteiger partial charge on any atom is 0.191 e. The lowest BCUT2D eigenvalue weighted by Gasteiger charge is -2.19.